The van der Waals surface area contributed by atoms with Gasteiger partial charge in [0.2, 0.25) is 0 Å². The van der Waals surface area contributed by atoms with E-state index in [0.29, 0.717) is 0 Å². The third-order valence-corrected chi connectivity index (χ3v) is 3.91. The number of hydrogen-bond donors (Lipinski definition) is 2. The van der Waals surface area contributed by atoms with Crippen LogP contribution >= 0.6 is 45.7 Å². The third kappa shape index (κ3) is 8.13. The van der Waals surface area contributed by atoms with Gasteiger partial charge < -0.3 is 0 Å². The molecule has 0 radical (unpaired) electrons. The molecule has 7 heteroatoms. The predicted molar refractivity (Wildman–Crippen MR) is 40.1 cm³/mol. The average molecular weight is 440 g/mol. The van der Waals surface area contributed by atoms with Gasteiger partial charge in [-0.2, -0.15) is 0 Å². The third-order valence-electron chi connectivity index (χ3n) is 0.161. The molecule has 7 heavy (non-hydrogen) atoms. The molecule has 0 atom stereocenters. The van der Waals surface area contributed by atoms with Crippen molar-refractivity contribution in [2.24, 2.45) is 0 Å². The van der Waals surface area contributed by atoms with Crippen molar-refractivity contribution in [2.45, 2.75) is 0 Å². The first-order chi connectivity index (χ1) is 3.13. The Balaban J connectivity index is 2.95. The van der Waals surface area contributed by atoms with E-state index in [9.17, 15) is 0 Å². The Kier molecular flexibility index (Phi) is 6.48. The van der Waals surface area contributed by atoms with Crippen LogP contribution in [0.25, 0.3) is 0 Å². The van der Waals surface area contributed by atoms with Crippen molar-refractivity contribution in [3.63, 3.8) is 0 Å². The fourth-order valence-corrected chi connectivity index (χ4v) is 2.97. The fourth-order valence-electron chi connectivity index (χ4n) is 0.0660. The zero-order valence-corrected chi connectivity index (χ0v) is 9.53. The van der Waals surface area contributed by atoms with Gasteiger partial charge in [0, 0.05) is 0 Å². The van der Waals surface area contributed by atoms with E-state index in [1.54, 1.807) is -0.460 Å². The molecular formula is H2BI3NO2-. The van der Waals surface area contributed by atoms with Crippen LogP contribution in [0.2, 0.25) is 0 Å². The van der Waals surface area contributed by atoms with Gasteiger partial charge in [-0.15, -0.1) is 0 Å². The minimum absolute atomic E-state index is 0.577. The average Bonchev–Trinajstić information content (AvgIpc) is 1.27. The van der Waals surface area contributed by atoms with Crippen molar-refractivity contribution < 1.29 is 31.3 Å². The molecule has 0 aromatic carbocycles. The number of hydrogen-bond acceptors (Lipinski definition) is 3. The molecule has 0 aromatic rings. The number of rotatable bonds is 2. The summed E-state index contributed by atoms with van der Waals surface area (Å²) < 4.78 is 1.75. The number of nitrogens with zero attached hydrogens (tertiary/aromatic N) is 1. The van der Waals surface area contributed by atoms with Gasteiger partial charge in [-0.25, -0.2) is 0 Å². The SMILES string of the molecule is OB(O)[I-]N(I)I. The minimum atomic E-state index is -1.10. The van der Waals surface area contributed by atoms with Gasteiger partial charge in [-0.1, -0.05) is 0 Å². The molecule has 0 heterocycles. The Morgan fingerprint density at radius 2 is 1.86 bits per heavy atom. The van der Waals surface area contributed by atoms with Crippen molar-refractivity contribution >= 4 is 50.7 Å². The van der Waals surface area contributed by atoms with Crippen LogP contribution < -0.4 is 21.3 Å². The molecule has 0 fully saturated rings. The van der Waals surface area contributed by atoms with E-state index in [1.165, 1.54) is 0 Å². The summed E-state index contributed by atoms with van der Waals surface area (Å²) in [5.74, 6) is 0. The summed E-state index contributed by atoms with van der Waals surface area (Å²) in [6, 6.07) is 0. The summed E-state index contributed by atoms with van der Waals surface area (Å²) >= 11 is 3.44. The van der Waals surface area contributed by atoms with Crippen LogP contribution in [0, 0.1) is 0 Å². The van der Waals surface area contributed by atoms with Crippen LogP contribution in [0.5, 0.6) is 0 Å². The molecule has 0 rings (SSSR count). The summed E-state index contributed by atoms with van der Waals surface area (Å²) in [5, 5.41) is 16.6. The van der Waals surface area contributed by atoms with Crippen molar-refractivity contribution in [2.75, 3.05) is 0 Å². The molecule has 0 aliphatic rings. The Bertz CT molecular complexity index is 42.2. The van der Waals surface area contributed by atoms with Gasteiger partial charge in [0.1, 0.15) is 0 Å². The van der Waals surface area contributed by atoms with Gasteiger partial charge in [-0.3, -0.25) is 0 Å². The summed E-state index contributed by atoms with van der Waals surface area (Å²) in [7, 11) is 0. The maximum atomic E-state index is 8.28. The zero-order valence-electron chi connectivity index (χ0n) is 3.05. The standard InChI is InChI=1S/BH2I3NO2/c2-5(3)4-1(6)7/h6-7H/q-1. The first-order valence-corrected chi connectivity index (χ1v) is 5.38. The quantitative estimate of drug-likeness (QED) is 0.273. The molecule has 0 bridgehead atoms. The topological polar surface area (TPSA) is 43.7 Å². The normalized spacial score (nSPS) is 10.4. The molecule has 0 amide bonds. The molecule has 0 spiro atoms. The van der Waals surface area contributed by atoms with E-state index < -0.39 is 26.2 Å². The Morgan fingerprint density at radius 3 is 1.86 bits per heavy atom. The van der Waals surface area contributed by atoms with Crippen LogP contribution in [0.3, 0.4) is 0 Å². The van der Waals surface area contributed by atoms with Crippen molar-refractivity contribution in [1.82, 2.24) is -0.460 Å². The molecule has 0 unspecified atom stereocenters. The van der Waals surface area contributed by atoms with E-state index in [0.717, 1.165) is 0 Å². The zero-order chi connectivity index (χ0) is 5.86. The summed E-state index contributed by atoms with van der Waals surface area (Å²) in [5.41, 5.74) is 0. The van der Waals surface area contributed by atoms with Crippen LogP contribution in [-0.4, -0.2) is 14.6 Å². The van der Waals surface area contributed by atoms with Gasteiger partial charge in [0.15, 0.2) is 0 Å². The Labute approximate surface area is 80.3 Å². The van der Waals surface area contributed by atoms with E-state index in [4.69, 9.17) is 10.0 Å². The van der Waals surface area contributed by atoms with Crippen LogP contribution in [-0.2, 0) is 0 Å². The second-order valence-electron chi connectivity index (χ2n) is 0.600. The second-order valence-corrected chi connectivity index (χ2v) is 10.7. The Hall–Kier alpha value is 2.13. The molecule has 44 valence electrons. The second kappa shape index (κ2) is 4.96. The van der Waals surface area contributed by atoms with Gasteiger partial charge in [0.25, 0.3) is 0 Å². The Morgan fingerprint density at radius 1 is 1.43 bits per heavy atom. The van der Waals surface area contributed by atoms with E-state index in [-0.39, 0.29) is 0 Å². The van der Waals surface area contributed by atoms with Crippen molar-refractivity contribution in [3.05, 3.63) is 0 Å². The maximum absolute atomic E-state index is 8.28. The summed E-state index contributed by atoms with van der Waals surface area (Å²) in [4.78, 5) is -1.10. The van der Waals surface area contributed by atoms with Crippen molar-refractivity contribution in [1.29, 1.82) is 0 Å². The fraction of sp³-hybridized carbons (Fsp3) is 0. The van der Waals surface area contributed by atoms with Crippen LogP contribution in [0.15, 0.2) is 0 Å². The molecule has 0 aliphatic heterocycles. The first kappa shape index (κ1) is 9.13. The van der Waals surface area contributed by atoms with Crippen LogP contribution in [0.1, 0.15) is 0 Å². The molecule has 0 saturated carbocycles. The van der Waals surface area contributed by atoms with E-state index in [2.05, 4.69) is 0 Å². The molecule has 3 nitrogen and oxygen atoms in total. The molecule has 0 saturated heterocycles. The van der Waals surface area contributed by atoms with Gasteiger partial charge >= 0.3 is 81.6 Å². The molecule has 0 aromatic heterocycles. The summed E-state index contributed by atoms with van der Waals surface area (Å²) in [6.45, 7) is 0. The van der Waals surface area contributed by atoms with Crippen molar-refractivity contribution in [3.8, 4) is 0 Å². The molecule has 2 N–H and O–H groups in total. The first-order valence-electron chi connectivity index (χ1n) is 1.24. The van der Waals surface area contributed by atoms with E-state index in [1.807, 2.05) is 45.7 Å². The monoisotopic (exact) mass is 440 g/mol. The predicted octanol–water partition coefficient (Wildman–Crippen LogP) is -3.04. The van der Waals surface area contributed by atoms with E-state index >= 15 is 0 Å². The van der Waals surface area contributed by atoms with Gasteiger partial charge in [-0.05, 0) is 0 Å². The summed E-state index contributed by atoms with van der Waals surface area (Å²) in [6.07, 6.45) is 0. The molecule has 0 aliphatic carbocycles. The van der Waals surface area contributed by atoms with Gasteiger partial charge in [0.05, 0.1) is 0 Å². The molecular weight excluding hydrogens is 438 g/mol. The number of halogens is 3. The van der Waals surface area contributed by atoms with Crippen LogP contribution in [0.4, 0.5) is 0 Å².